The first-order valence-electron chi connectivity index (χ1n) is 16.0. The molecule has 25 N–H and O–H groups in total. The summed E-state index contributed by atoms with van der Waals surface area (Å²) in [5.41, 5.74) is 35.6. The minimum absolute atomic E-state index is 0.0889. The van der Waals surface area contributed by atoms with Gasteiger partial charge in [-0.05, 0) is 6.42 Å². The zero-order chi connectivity index (χ0) is 44.5. The molecular weight excluding hydrogens is 856 g/mol. The highest BCUT2D eigenvalue weighted by molar-refractivity contribution is 7.80. The monoisotopic (exact) mass is 908 g/mol. The molecule has 1 saturated carbocycles. The van der Waals surface area contributed by atoms with Gasteiger partial charge in [-0.3, -0.25) is 27.3 Å². The van der Waals surface area contributed by atoms with Crippen molar-refractivity contribution < 1.29 is 117 Å². The molecule has 0 amide bonds. The van der Waals surface area contributed by atoms with E-state index in [-0.39, 0.29) is 19.5 Å². The minimum Gasteiger partial charge on any atom is -0.394 e. The summed E-state index contributed by atoms with van der Waals surface area (Å²) in [5, 5.41) is 73.0. The maximum atomic E-state index is 11.1. The fraction of sp³-hybridized carbons (Fsp3) is 1.00. The summed E-state index contributed by atoms with van der Waals surface area (Å²) in [6.07, 6.45) is -19.8. The Morgan fingerprint density at radius 2 is 0.807 bits per heavy atom. The van der Waals surface area contributed by atoms with Crippen molar-refractivity contribution in [3.05, 3.63) is 0 Å². The molecule has 19 atom stereocenters. The third kappa shape index (κ3) is 17.8. The zero-order valence-electron chi connectivity index (χ0n) is 29.2. The lowest BCUT2D eigenvalue weighted by atomic mass is 9.84. The molecule has 4 aliphatic rings. The van der Waals surface area contributed by atoms with E-state index in [2.05, 4.69) is 0 Å². The van der Waals surface area contributed by atoms with Gasteiger partial charge in [-0.2, -0.15) is 25.3 Å². The average Bonchev–Trinajstić information content (AvgIpc) is 3.36. The molecule has 57 heavy (non-hydrogen) atoms. The van der Waals surface area contributed by atoms with E-state index in [0.29, 0.717) is 0 Å². The smallest absolute Gasteiger partial charge is 0.394 e. The van der Waals surface area contributed by atoms with Crippen molar-refractivity contribution in [1.29, 1.82) is 0 Å². The molecule has 31 nitrogen and oxygen atoms in total. The molecule has 1 aliphatic carbocycles. The van der Waals surface area contributed by atoms with Gasteiger partial charge in [-0.15, -0.1) is 0 Å². The van der Waals surface area contributed by atoms with Crippen LogP contribution < -0.4 is 34.4 Å². The summed E-state index contributed by atoms with van der Waals surface area (Å²) in [6, 6.07) is -4.18. The quantitative estimate of drug-likeness (QED) is 0.0955. The molecule has 0 aromatic carbocycles. The second kappa shape index (κ2) is 22.6. The number of aliphatic hydroxyl groups is 7. The molecule has 34 heteroatoms. The van der Waals surface area contributed by atoms with Gasteiger partial charge < -0.3 is 98.6 Å². The molecule has 0 radical (unpaired) electrons. The summed E-state index contributed by atoms with van der Waals surface area (Å²) in [6.45, 7) is -0.967. The number of hydrogen-bond acceptors (Lipinski definition) is 25. The van der Waals surface area contributed by atoms with Crippen molar-refractivity contribution >= 4 is 31.2 Å². The Balaban J connectivity index is 0.000000921. The van der Waals surface area contributed by atoms with E-state index in [1.807, 2.05) is 0 Å². The van der Waals surface area contributed by atoms with Gasteiger partial charge in [0.15, 0.2) is 18.9 Å². The molecule has 0 aromatic heterocycles. The first-order valence-corrected chi connectivity index (χ1v) is 20.2. The van der Waals surface area contributed by atoms with E-state index >= 15 is 0 Å². The molecule has 3 heterocycles. The molecule has 342 valence electrons. The van der Waals surface area contributed by atoms with Crippen LogP contribution in [-0.4, -0.2) is 224 Å². The molecule has 3 aliphatic heterocycles. The average molecular weight is 909 g/mol. The minimum atomic E-state index is -4.67. The number of hydrogen-bond donors (Lipinski definition) is 19. The first-order chi connectivity index (χ1) is 25.8. The van der Waals surface area contributed by atoms with Gasteiger partial charge >= 0.3 is 31.2 Å². The van der Waals surface area contributed by atoms with E-state index in [1.54, 1.807) is 0 Å². The third-order valence-electron chi connectivity index (χ3n) is 8.37. The second-order valence-corrected chi connectivity index (χ2v) is 15.3. The lowest BCUT2D eigenvalue weighted by Gasteiger charge is -2.47. The Bertz CT molecular complexity index is 1440. The summed E-state index contributed by atoms with van der Waals surface area (Å²) in [5.74, 6) is 0. The normalized spacial score (nSPS) is 42.7. The first kappa shape index (κ1) is 53.9. The lowest BCUT2D eigenvalue weighted by Crippen LogP contribution is -2.68. The predicted molar refractivity (Wildman–Crippen MR) is 181 cm³/mol. The Morgan fingerprint density at radius 3 is 1.16 bits per heavy atom. The van der Waals surface area contributed by atoms with Crippen molar-refractivity contribution in [2.24, 2.45) is 34.4 Å². The molecule has 8 unspecified atom stereocenters. The van der Waals surface area contributed by atoms with Gasteiger partial charge in [-0.25, -0.2) is 0 Å². The van der Waals surface area contributed by atoms with Crippen molar-refractivity contribution in [1.82, 2.24) is 0 Å². The van der Waals surface area contributed by atoms with Crippen LogP contribution in [0.5, 0.6) is 0 Å². The maximum absolute atomic E-state index is 11.1. The van der Waals surface area contributed by atoms with Crippen molar-refractivity contribution in [2.45, 2.75) is 123 Å². The Morgan fingerprint density at radius 1 is 0.474 bits per heavy atom. The van der Waals surface area contributed by atoms with E-state index < -0.39 is 154 Å². The fourth-order valence-corrected chi connectivity index (χ4v) is 5.74. The summed E-state index contributed by atoms with van der Waals surface area (Å²) >= 11 is 0. The summed E-state index contributed by atoms with van der Waals surface area (Å²) in [4.78, 5) is 0. The van der Waals surface area contributed by atoms with Crippen molar-refractivity contribution in [3.63, 3.8) is 0 Å². The van der Waals surface area contributed by atoms with Crippen LogP contribution in [-0.2, 0) is 59.6 Å². The van der Waals surface area contributed by atoms with Gasteiger partial charge in [0.05, 0.1) is 24.8 Å². The Hall–Kier alpha value is -1.15. The van der Waals surface area contributed by atoms with Gasteiger partial charge in [0, 0.05) is 25.2 Å². The van der Waals surface area contributed by atoms with Gasteiger partial charge in [0.2, 0.25) is 0 Å². The Labute approximate surface area is 324 Å². The van der Waals surface area contributed by atoms with Gasteiger partial charge in [0.25, 0.3) is 0 Å². The van der Waals surface area contributed by atoms with Gasteiger partial charge in [-0.1, -0.05) is 0 Å². The van der Waals surface area contributed by atoms with Crippen LogP contribution in [0.15, 0.2) is 0 Å². The molecule has 4 fully saturated rings. The topological polar surface area (TPSA) is 577 Å². The molecule has 3 saturated heterocycles. The van der Waals surface area contributed by atoms with E-state index in [0.717, 1.165) is 0 Å². The maximum Gasteiger partial charge on any atom is 0.394 e. The fourth-order valence-electron chi connectivity index (χ4n) is 5.74. The number of nitrogens with two attached hydrogens (primary N) is 6. The number of rotatable bonds is 9. The molecule has 0 spiro atoms. The van der Waals surface area contributed by atoms with Crippen LogP contribution in [0.2, 0.25) is 0 Å². The predicted octanol–water partition coefficient (Wildman–Crippen LogP) is -10.9. The lowest BCUT2D eigenvalue weighted by molar-refractivity contribution is -0.306. The van der Waals surface area contributed by atoms with Crippen molar-refractivity contribution in [3.8, 4) is 0 Å². The second-order valence-electron chi connectivity index (χ2n) is 12.6. The molecule has 4 rings (SSSR count). The van der Waals surface area contributed by atoms with E-state index in [9.17, 15) is 35.7 Å². The number of aliphatic hydroxyl groups excluding tert-OH is 7. The van der Waals surface area contributed by atoms with E-state index in [1.165, 1.54) is 0 Å². The van der Waals surface area contributed by atoms with Crippen LogP contribution in [0, 0.1) is 0 Å². The summed E-state index contributed by atoms with van der Waals surface area (Å²) < 4.78 is 129. The van der Waals surface area contributed by atoms with Gasteiger partial charge in [0.1, 0.15) is 67.1 Å². The highest BCUT2D eigenvalue weighted by Gasteiger charge is 2.54. The molecule has 0 bridgehead atoms. The SMILES string of the molecule is NCC1O[C@H](O[C@@H]2C(N)CC(N)[C@H](O)C2OC2OC(CO)[C@@H](O[C@H]3O[C@@H](CN)[C@@H](O)C(O)[C@H]3N)[C@H]2O)[C@H](N)C(O)[C@@H]1O.O=S(=O)(O)O.O=S(=O)(O)O.O=S(=O)(O)O. The number of ether oxygens (including phenoxy) is 6. The van der Waals surface area contributed by atoms with Crippen LogP contribution in [0.3, 0.4) is 0 Å². The third-order valence-corrected chi connectivity index (χ3v) is 8.37. The van der Waals surface area contributed by atoms with Crippen LogP contribution in [0.1, 0.15) is 6.42 Å². The van der Waals surface area contributed by atoms with Crippen LogP contribution in [0.25, 0.3) is 0 Å². The highest BCUT2D eigenvalue weighted by Crippen LogP contribution is 2.34. The zero-order valence-corrected chi connectivity index (χ0v) is 31.6. The van der Waals surface area contributed by atoms with Crippen LogP contribution >= 0.6 is 0 Å². The Kier molecular flexibility index (Phi) is 21.4. The summed E-state index contributed by atoms with van der Waals surface area (Å²) in [7, 11) is -14.0. The van der Waals surface area contributed by atoms with Crippen LogP contribution in [0.4, 0.5) is 0 Å². The standard InChI is InChI=1S/C23H46N6O13.3H2O4S/c24-2-7-13(32)15(34)10(28)21(37-7)40-18-6(27)1-5(26)12(31)20(18)42-23-17(36)19(9(4-30)39-23)41-22-11(29)16(35)14(33)8(3-25)38-22;3*1-5(2,3)4/h5-23,30-36H,1-4,24-29H2;3*(H2,1,2,3,4)/t5?,6?,7?,8-,9?,10+,11+,12-,13+,14+,15?,16?,17+,18+,19+,20?,21+,22+,23?;;;/m0.../s1. The van der Waals surface area contributed by atoms with E-state index in [4.69, 9.17) is 115 Å². The molecular formula is C23H52N6O25S3. The molecule has 0 aromatic rings. The largest absolute Gasteiger partial charge is 0.394 e. The highest BCUT2D eigenvalue weighted by atomic mass is 32.3. The van der Waals surface area contributed by atoms with Crippen molar-refractivity contribution in [2.75, 3.05) is 19.7 Å².